The Kier molecular flexibility index (Phi) is 4.94. The number of morpholine rings is 1. The lowest BCUT2D eigenvalue weighted by atomic mass is 10.0. The number of hydrogen-bond acceptors (Lipinski definition) is 7. The summed E-state index contributed by atoms with van der Waals surface area (Å²) in [6.07, 6.45) is 5.20. The van der Waals surface area contributed by atoms with Crippen LogP contribution < -0.4 is 0 Å². The molecule has 0 bridgehead atoms. The minimum Gasteiger partial charge on any atom is -0.379 e. The maximum Gasteiger partial charge on any atom is 0.194 e. The van der Waals surface area contributed by atoms with Gasteiger partial charge in [0.05, 0.1) is 13.2 Å². The van der Waals surface area contributed by atoms with E-state index in [1.807, 2.05) is 23.0 Å². The maximum atomic E-state index is 13.4. The third kappa shape index (κ3) is 3.48. The zero-order valence-electron chi connectivity index (χ0n) is 17.1. The van der Waals surface area contributed by atoms with Crippen LogP contribution in [0.2, 0.25) is 0 Å². The van der Waals surface area contributed by atoms with E-state index in [-0.39, 0.29) is 12.0 Å². The molecule has 0 saturated carbocycles. The first kappa shape index (κ1) is 19.5. The number of rotatable bonds is 3. The molecule has 7 nitrogen and oxygen atoms in total. The predicted octanol–water partition coefficient (Wildman–Crippen LogP) is 3.88. The summed E-state index contributed by atoms with van der Waals surface area (Å²) in [5, 5.41) is 6.58. The van der Waals surface area contributed by atoms with Gasteiger partial charge in [0.1, 0.15) is 17.0 Å². The first-order chi connectivity index (χ1) is 15.8. The molecule has 4 aromatic rings. The highest BCUT2D eigenvalue weighted by Gasteiger charge is 2.35. The molecule has 0 aliphatic carbocycles. The van der Waals surface area contributed by atoms with Gasteiger partial charge < -0.3 is 4.74 Å². The minimum atomic E-state index is -0.253. The third-order valence-electron chi connectivity index (χ3n) is 5.67. The van der Waals surface area contributed by atoms with Crippen molar-refractivity contribution < 1.29 is 9.13 Å². The van der Waals surface area contributed by atoms with Crippen LogP contribution in [0.15, 0.2) is 71.2 Å². The number of aromatic nitrogens is 5. The van der Waals surface area contributed by atoms with Crippen molar-refractivity contribution >= 4 is 11.8 Å². The molecular weight excluding hydrogens is 427 g/mol. The van der Waals surface area contributed by atoms with E-state index in [9.17, 15) is 4.39 Å². The second kappa shape index (κ2) is 8.09. The van der Waals surface area contributed by atoms with Gasteiger partial charge in [0, 0.05) is 48.4 Å². The van der Waals surface area contributed by atoms with E-state index < -0.39 is 0 Å². The van der Waals surface area contributed by atoms with E-state index in [1.54, 1.807) is 24.5 Å². The van der Waals surface area contributed by atoms with Crippen molar-refractivity contribution in [1.29, 1.82) is 0 Å². The van der Waals surface area contributed by atoms with Crippen molar-refractivity contribution in [3.8, 4) is 22.5 Å². The molecule has 9 heteroatoms. The Morgan fingerprint density at radius 2 is 1.84 bits per heavy atom. The Bertz CT molecular complexity index is 1260. The molecule has 160 valence electrons. The molecule has 2 aliphatic heterocycles. The van der Waals surface area contributed by atoms with Crippen LogP contribution in [0.3, 0.4) is 0 Å². The predicted molar refractivity (Wildman–Crippen MR) is 118 cm³/mol. The van der Waals surface area contributed by atoms with E-state index in [4.69, 9.17) is 19.8 Å². The van der Waals surface area contributed by atoms with Crippen molar-refractivity contribution in [2.45, 2.75) is 16.3 Å². The highest BCUT2D eigenvalue weighted by molar-refractivity contribution is 7.99. The minimum absolute atomic E-state index is 0.143. The van der Waals surface area contributed by atoms with Crippen LogP contribution in [0.4, 0.5) is 4.39 Å². The van der Waals surface area contributed by atoms with Gasteiger partial charge in [-0.05, 0) is 47.7 Å². The summed E-state index contributed by atoms with van der Waals surface area (Å²) in [5.74, 6) is 0.391. The molecule has 5 heterocycles. The standard InChI is InChI=1S/C23H19FN6OS/c24-18-5-3-15(4-6-18)17-12-19-21(26-14-17)32-23-27-20(16-2-1-7-25-13-16)28-30(23)22(19)29-8-10-31-11-9-29/h1-7,12-14,22H,8-11H2/t22-/m1/s1. The van der Waals surface area contributed by atoms with Crippen LogP contribution in [0.1, 0.15) is 11.7 Å². The molecule has 0 unspecified atom stereocenters. The highest BCUT2D eigenvalue weighted by Crippen LogP contribution is 2.43. The number of nitrogens with zero attached hydrogens (tertiary/aromatic N) is 6. The Morgan fingerprint density at radius 3 is 2.62 bits per heavy atom. The SMILES string of the molecule is Fc1ccc(-c2cnc3c(c2)[C@H](N2CCOCC2)n2nc(-c4cccnc4)nc2S3)cc1. The van der Waals surface area contributed by atoms with Gasteiger partial charge >= 0.3 is 0 Å². The number of halogens is 1. The third-order valence-corrected chi connectivity index (χ3v) is 6.66. The normalized spacial score (nSPS) is 18.2. The van der Waals surface area contributed by atoms with E-state index in [1.165, 1.54) is 23.9 Å². The Labute approximate surface area is 188 Å². The molecule has 1 saturated heterocycles. The topological polar surface area (TPSA) is 69.0 Å². The molecule has 2 aliphatic rings. The monoisotopic (exact) mass is 446 g/mol. The molecule has 0 spiro atoms. The largest absolute Gasteiger partial charge is 0.379 e. The zero-order chi connectivity index (χ0) is 21.5. The van der Waals surface area contributed by atoms with Crippen LogP contribution >= 0.6 is 11.8 Å². The second-order valence-electron chi connectivity index (χ2n) is 7.65. The summed E-state index contributed by atoms with van der Waals surface area (Å²) in [6, 6.07) is 12.5. The number of fused-ring (bicyclic) bond motifs is 2. The van der Waals surface area contributed by atoms with Crippen LogP contribution in [0.25, 0.3) is 22.5 Å². The molecule has 1 atom stereocenters. The van der Waals surface area contributed by atoms with Gasteiger partial charge in [-0.25, -0.2) is 19.0 Å². The van der Waals surface area contributed by atoms with Gasteiger partial charge in [-0.1, -0.05) is 12.1 Å². The van der Waals surface area contributed by atoms with Crippen LogP contribution in [0.5, 0.6) is 0 Å². The van der Waals surface area contributed by atoms with Gasteiger partial charge in [0.15, 0.2) is 11.0 Å². The molecule has 3 aromatic heterocycles. The molecule has 0 radical (unpaired) electrons. The molecule has 1 aromatic carbocycles. The number of hydrogen-bond donors (Lipinski definition) is 0. The van der Waals surface area contributed by atoms with E-state index in [0.29, 0.717) is 19.0 Å². The molecule has 0 amide bonds. The fourth-order valence-electron chi connectivity index (χ4n) is 4.09. The first-order valence-electron chi connectivity index (χ1n) is 10.4. The van der Waals surface area contributed by atoms with Crippen molar-refractivity contribution in [3.05, 3.63) is 72.4 Å². The van der Waals surface area contributed by atoms with E-state index in [2.05, 4.69) is 16.0 Å². The Morgan fingerprint density at radius 1 is 1.00 bits per heavy atom. The molecule has 1 fully saturated rings. The van der Waals surface area contributed by atoms with Gasteiger partial charge in [-0.15, -0.1) is 5.10 Å². The Hall–Kier alpha value is -3.14. The van der Waals surface area contributed by atoms with Crippen LogP contribution in [-0.2, 0) is 4.74 Å². The maximum absolute atomic E-state index is 13.4. The number of pyridine rings is 2. The molecule has 32 heavy (non-hydrogen) atoms. The van der Waals surface area contributed by atoms with Gasteiger partial charge in [-0.3, -0.25) is 9.88 Å². The van der Waals surface area contributed by atoms with Crippen LogP contribution in [0, 0.1) is 5.82 Å². The average molecular weight is 447 g/mol. The zero-order valence-corrected chi connectivity index (χ0v) is 17.9. The van der Waals surface area contributed by atoms with Gasteiger partial charge in [-0.2, -0.15) is 0 Å². The fraction of sp³-hybridized carbons (Fsp3) is 0.217. The number of benzene rings is 1. The lowest BCUT2D eigenvalue weighted by Gasteiger charge is -2.37. The average Bonchev–Trinajstić information content (AvgIpc) is 3.27. The van der Waals surface area contributed by atoms with Gasteiger partial charge in [0.2, 0.25) is 0 Å². The Balaban J connectivity index is 1.47. The van der Waals surface area contributed by atoms with E-state index >= 15 is 0 Å². The lowest BCUT2D eigenvalue weighted by Crippen LogP contribution is -2.43. The van der Waals surface area contributed by atoms with Crippen molar-refractivity contribution in [3.63, 3.8) is 0 Å². The van der Waals surface area contributed by atoms with Crippen molar-refractivity contribution in [1.82, 2.24) is 29.6 Å². The summed E-state index contributed by atoms with van der Waals surface area (Å²) >= 11 is 1.51. The first-order valence-corrected chi connectivity index (χ1v) is 11.2. The van der Waals surface area contributed by atoms with Crippen molar-refractivity contribution in [2.24, 2.45) is 0 Å². The quantitative estimate of drug-likeness (QED) is 0.473. The summed E-state index contributed by atoms with van der Waals surface area (Å²) in [6.45, 7) is 2.92. The summed E-state index contributed by atoms with van der Waals surface area (Å²) in [7, 11) is 0. The summed E-state index contributed by atoms with van der Waals surface area (Å²) in [4.78, 5) is 16.1. The molecule has 0 N–H and O–H groups in total. The molecule has 6 rings (SSSR count). The van der Waals surface area contributed by atoms with Crippen molar-refractivity contribution in [2.75, 3.05) is 26.3 Å². The number of ether oxygens (including phenoxy) is 1. The summed E-state index contributed by atoms with van der Waals surface area (Å²) in [5.41, 5.74) is 3.81. The van der Waals surface area contributed by atoms with E-state index in [0.717, 1.165) is 45.5 Å². The highest BCUT2D eigenvalue weighted by atomic mass is 32.2. The molecular formula is C23H19FN6OS. The van der Waals surface area contributed by atoms with Crippen LogP contribution in [-0.4, -0.2) is 55.9 Å². The smallest absolute Gasteiger partial charge is 0.194 e. The second-order valence-corrected chi connectivity index (χ2v) is 8.61. The fourth-order valence-corrected chi connectivity index (χ4v) is 5.01. The lowest BCUT2D eigenvalue weighted by molar-refractivity contribution is 0.00286. The summed E-state index contributed by atoms with van der Waals surface area (Å²) < 4.78 is 21.0. The van der Waals surface area contributed by atoms with Gasteiger partial charge in [0.25, 0.3) is 0 Å².